The maximum absolute atomic E-state index is 13.2. The first-order chi connectivity index (χ1) is 11.7. The minimum atomic E-state index is -0.235. The van der Waals surface area contributed by atoms with Crippen LogP contribution in [-0.4, -0.2) is 24.0 Å². The number of nitrogens with zero attached hydrogens (tertiary/aromatic N) is 1. The number of aromatic nitrogens is 1. The second-order valence-corrected chi connectivity index (χ2v) is 5.68. The Balaban J connectivity index is 0.00000225. The van der Waals surface area contributed by atoms with E-state index in [0.717, 1.165) is 35.9 Å². The Morgan fingerprint density at radius 2 is 1.92 bits per heavy atom. The third kappa shape index (κ3) is 5.45. The van der Waals surface area contributed by atoms with Gasteiger partial charge in [0.25, 0.3) is 0 Å². The topological polar surface area (TPSA) is 66.2 Å². The second-order valence-electron chi connectivity index (χ2n) is 5.68. The van der Waals surface area contributed by atoms with E-state index < -0.39 is 0 Å². The van der Waals surface area contributed by atoms with Crippen molar-refractivity contribution in [1.29, 1.82) is 0 Å². The van der Waals surface area contributed by atoms with Gasteiger partial charge in [0.05, 0.1) is 0 Å². The maximum Gasteiger partial charge on any atom is 0.188 e. The van der Waals surface area contributed by atoms with Crippen molar-refractivity contribution in [2.75, 3.05) is 13.1 Å². The molecule has 4 nitrogen and oxygen atoms in total. The van der Waals surface area contributed by atoms with Crippen LogP contribution in [0.3, 0.4) is 0 Å². The summed E-state index contributed by atoms with van der Waals surface area (Å²) in [5.74, 6) is 0.220. The van der Waals surface area contributed by atoms with Crippen molar-refractivity contribution in [2.45, 2.75) is 12.8 Å². The van der Waals surface area contributed by atoms with Gasteiger partial charge in [-0.3, -0.25) is 4.99 Å². The van der Waals surface area contributed by atoms with Crippen LogP contribution in [0.25, 0.3) is 10.9 Å². The molecule has 0 unspecified atom stereocenters. The number of hydrogen-bond donors (Lipinski definition) is 3. The highest BCUT2D eigenvalue weighted by atomic mass is 127. The second kappa shape index (κ2) is 9.41. The molecule has 0 spiro atoms. The lowest BCUT2D eigenvalue weighted by molar-refractivity contribution is 0.629. The fourth-order valence-corrected chi connectivity index (χ4v) is 2.70. The molecule has 0 amide bonds. The van der Waals surface area contributed by atoms with Crippen LogP contribution in [0.1, 0.15) is 11.1 Å². The van der Waals surface area contributed by atoms with Crippen LogP contribution in [0, 0.1) is 5.82 Å². The highest BCUT2D eigenvalue weighted by Crippen LogP contribution is 2.19. The molecule has 0 radical (unpaired) electrons. The summed E-state index contributed by atoms with van der Waals surface area (Å²) in [6.45, 7) is 1.35. The van der Waals surface area contributed by atoms with E-state index in [1.807, 2.05) is 24.4 Å². The summed E-state index contributed by atoms with van der Waals surface area (Å²) in [6.07, 6.45) is 3.57. The Hall–Kier alpha value is -2.09. The standard InChI is InChI=1S/C19H21FN4.HI/c20-16-6-7-17-15(13-24-18(17)12-16)9-11-23-19(21)22-10-8-14-4-2-1-3-5-14;/h1-7,12-13,24H,8-11H2,(H3,21,22,23);1H. The number of halogens is 2. The molecule has 0 fully saturated rings. The van der Waals surface area contributed by atoms with Gasteiger partial charge in [-0.2, -0.15) is 0 Å². The highest BCUT2D eigenvalue weighted by molar-refractivity contribution is 14.0. The van der Waals surface area contributed by atoms with Crippen LogP contribution < -0.4 is 11.1 Å². The van der Waals surface area contributed by atoms with Crippen LogP contribution in [0.15, 0.2) is 59.7 Å². The number of guanidine groups is 1. The zero-order valence-corrected chi connectivity index (χ0v) is 16.2. The molecule has 0 saturated carbocycles. The zero-order valence-electron chi connectivity index (χ0n) is 13.8. The van der Waals surface area contributed by atoms with Gasteiger partial charge in [0.2, 0.25) is 0 Å². The van der Waals surface area contributed by atoms with Gasteiger partial charge < -0.3 is 16.0 Å². The zero-order chi connectivity index (χ0) is 16.8. The quantitative estimate of drug-likeness (QED) is 0.304. The van der Waals surface area contributed by atoms with Gasteiger partial charge >= 0.3 is 0 Å². The van der Waals surface area contributed by atoms with Gasteiger partial charge in [0.15, 0.2) is 5.96 Å². The average molecular weight is 452 g/mol. The molecule has 0 atom stereocenters. The summed E-state index contributed by atoms with van der Waals surface area (Å²) in [7, 11) is 0. The molecule has 132 valence electrons. The minimum Gasteiger partial charge on any atom is -0.370 e. The molecule has 6 heteroatoms. The van der Waals surface area contributed by atoms with Crippen molar-refractivity contribution in [3.63, 3.8) is 0 Å². The van der Waals surface area contributed by atoms with Gasteiger partial charge in [-0.05, 0) is 42.2 Å². The number of aromatic amines is 1. The summed E-state index contributed by atoms with van der Waals surface area (Å²) in [5, 5.41) is 4.16. The van der Waals surface area contributed by atoms with Crippen molar-refractivity contribution in [3.8, 4) is 0 Å². The molecular weight excluding hydrogens is 430 g/mol. The molecule has 3 aromatic rings. The molecule has 25 heavy (non-hydrogen) atoms. The first-order valence-electron chi connectivity index (χ1n) is 8.05. The van der Waals surface area contributed by atoms with E-state index in [2.05, 4.69) is 27.4 Å². The summed E-state index contributed by atoms with van der Waals surface area (Å²) in [6, 6.07) is 15.0. The number of rotatable bonds is 6. The van der Waals surface area contributed by atoms with Crippen LogP contribution in [0.2, 0.25) is 0 Å². The first-order valence-corrected chi connectivity index (χ1v) is 8.05. The molecule has 0 aliphatic heterocycles. The van der Waals surface area contributed by atoms with Crippen LogP contribution in [0.4, 0.5) is 4.39 Å². The number of nitrogens with one attached hydrogen (secondary N) is 2. The van der Waals surface area contributed by atoms with E-state index in [9.17, 15) is 4.39 Å². The molecule has 1 heterocycles. The van der Waals surface area contributed by atoms with Crippen LogP contribution in [0.5, 0.6) is 0 Å². The van der Waals surface area contributed by atoms with E-state index in [4.69, 9.17) is 5.73 Å². The Kier molecular flexibility index (Phi) is 7.24. The Labute approximate surface area is 163 Å². The minimum absolute atomic E-state index is 0. The summed E-state index contributed by atoms with van der Waals surface area (Å²) in [5.41, 5.74) is 9.08. The van der Waals surface area contributed by atoms with E-state index >= 15 is 0 Å². The van der Waals surface area contributed by atoms with Gasteiger partial charge in [-0.25, -0.2) is 4.39 Å². The maximum atomic E-state index is 13.2. The summed E-state index contributed by atoms with van der Waals surface area (Å²) < 4.78 is 13.2. The van der Waals surface area contributed by atoms with E-state index in [-0.39, 0.29) is 29.8 Å². The predicted molar refractivity (Wildman–Crippen MR) is 112 cm³/mol. The van der Waals surface area contributed by atoms with E-state index in [0.29, 0.717) is 12.5 Å². The molecule has 1 aromatic heterocycles. The van der Waals surface area contributed by atoms with Crippen molar-refractivity contribution in [2.24, 2.45) is 10.7 Å². The molecule has 4 N–H and O–H groups in total. The average Bonchev–Trinajstić information content (AvgIpc) is 2.98. The first kappa shape index (κ1) is 19.2. The molecule has 0 aliphatic carbocycles. The normalized spacial score (nSPS) is 11.3. The van der Waals surface area contributed by atoms with Gasteiger partial charge in [-0.15, -0.1) is 24.0 Å². The van der Waals surface area contributed by atoms with Crippen molar-refractivity contribution in [3.05, 3.63) is 71.7 Å². The van der Waals surface area contributed by atoms with Crippen molar-refractivity contribution >= 4 is 40.8 Å². The Morgan fingerprint density at radius 3 is 2.72 bits per heavy atom. The molecule has 0 aliphatic rings. The molecule has 3 rings (SSSR count). The largest absolute Gasteiger partial charge is 0.370 e. The van der Waals surface area contributed by atoms with E-state index in [1.165, 1.54) is 17.7 Å². The lowest BCUT2D eigenvalue weighted by atomic mass is 10.1. The Bertz CT molecular complexity index is 830. The smallest absolute Gasteiger partial charge is 0.188 e. The lowest BCUT2D eigenvalue weighted by Gasteiger charge is -2.05. The highest BCUT2D eigenvalue weighted by Gasteiger charge is 2.04. The fraction of sp³-hybridized carbons (Fsp3) is 0.211. The van der Waals surface area contributed by atoms with Crippen LogP contribution in [-0.2, 0) is 12.8 Å². The molecule has 0 bridgehead atoms. The summed E-state index contributed by atoms with van der Waals surface area (Å²) in [4.78, 5) is 7.43. The summed E-state index contributed by atoms with van der Waals surface area (Å²) >= 11 is 0. The fourth-order valence-electron chi connectivity index (χ4n) is 2.70. The number of aliphatic imine (C=N–C) groups is 1. The van der Waals surface area contributed by atoms with Gasteiger partial charge in [0, 0.05) is 30.2 Å². The number of H-pyrrole nitrogens is 1. The van der Waals surface area contributed by atoms with Crippen molar-refractivity contribution in [1.82, 2.24) is 10.3 Å². The SMILES string of the molecule is I.NC(=NCCc1c[nH]c2cc(F)ccc12)NCCc1ccccc1. The molecule has 0 saturated heterocycles. The van der Waals surface area contributed by atoms with Gasteiger partial charge in [0.1, 0.15) is 5.82 Å². The van der Waals surface area contributed by atoms with Crippen LogP contribution >= 0.6 is 24.0 Å². The third-order valence-corrected chi connectivity index (χ3v) is 3.96. The van der Waals surface area contributed by atoms with Crippen molar-refractivity contribution < 1.29 is 4.39 Å². The molecular formula is C19H22FIN4. The number of benzene rings is 2. The number of hydrogen-bond acceptors (Lipinski definition) is 1. The monoisotopic (exact) mass is 452 g/mol. The third-order valence-electron chi connectivity index (χ3n) is 3.96. The molecule has 2 aromatic carbocycles. The van der Waals surface area contributed by atoms with Gasteiger partial charge in [-0.1, -0.05) is 30.3 Å². The lowest BCUT2D eigenvalue weighted by Crippen LogP contribution is -2.33. The predicted octanol–water partition coefficient (Wildman–Crippen LogP) is 3.61. The van der Waals surface area contributed by atoms with E-state index in [1.54, 1.807) is 6.07 Å². The number of fused-ring (bicyclic) bond motifs is 1. The number of nitrogens with two attached hydrogens (primary N) is 1. The Morgan fingerprint density at radius 1 is 1.12 bits per heavy atom.